The first-order chi connectivity index (χ1) is 33.7. The van der Waals surface area contributed by atoms with Crippen LogP contribution < -0.4 is 20.7 Å². The van der Waals surface area contributed by atoms with Crippen LogP contribution in [0.4, 0.5) is 56.3 Å². The number of anilines is 2. The monoisotopic (exact) mass is 1010 g/mol. The molecule has 380 valence electrons. The highest BCUT2D eigenvalue weighted by molar-refractivity contribution is 5.89. The number of aliphatic hydroxyl groups is 6. The van der Waals surface area contributed by atoms with Gasteiger partial charge in [0, 0.05) is 55.5 Å². The van der Waals surface area contributed by atoms with Crippen LogP contribution in [0.1, 0.15) is 58.7 Å². The molecule has 0 aliphatic carbocycles. The molecular formula is C46H46F8N8O9. The Morgan fingerprint density at radius 2 is 1.18 bits per heavy atom. The topological polar surface area (TPSA) is 256 Å². The SMILES string of the molecule is O=C(Nc1ccc(C(F)(F)F)cn1)N1CC=C(c2ncc([C@H](O)[C@@H](O)CO)cc2F)CC1.O=C(Nc1ccc(C(F)(F)F)cn1)Oc1ccccc1.OC[C@H](O)[C@@H](O)c1cnc(C2=CCNCC2)c(F)c1. The molecule has 1 aromatic carbocycles. The van der Waals surface area contributed by atoms with Crippen LogP contribution in [-0.2, 0) is 12.4 Å². The van der Waals surface area contributed by atoms with Gasteiger partial charge in [-0.2, -0.15) is 26.3 Å². The van der Waals surface area contributed by atoms with Gasteiger partial charge in [-0.15, -0.1) is 0 Å². The predicted molar refractivity (Wildman–Crippen MR) is 238 cm³/mol. The van der Waals surface area contributed by atoms with Gasteiger partial charge in [0.25, 0.3) is 0 Å². The van der Waals surface area contributed by atoms with Crippen molar-refractivity contribution in [1.82, 2.24) is 30.2 Å². The smallest absolute Gasteiger partial charge is 0.410 e. The molecule has 4 aromatic heterocycles. The van der Waals surface area contributed by atoms with Crippen molar-refractivity contribution in [1.29, 1.82) is 0 Å². The number of nitrogens with one attached hydrogen (secondary N) is 3. The number of hydrogen-bond donors (Lipinski definition) is 9. The summed E-state index contributed by atoms with van der Waals surface area (Å²) >= 11 is 0. The first-order valence-electron chi connectivity index (χ1n) is 21.2. The number of amides is 3. The molecule has 9 N–H and O–H groups in total. The van der Waals surface area contributed by atoms with Crippen LogP contribution in [0.25, 0.3) is 11.1 Å². The van der Waals surface area contributed by atoms with E-state index in [9.17, 15) is 65.1 Å². The summed E-state index contributed by atoms with van der Waals surface area (Å²) in [5.41, 5.74) is 0.00818. The fourth-order valence-electron chi connectivity index (χ4n) is 6.44. The Morgan fingerprint density at radius 1 is 0.676 bits per heavy atom. The van der Waals surface area contributed by atoms with Crippen molar-refractivity contribution in [2.45, 2.75) is 49.6 Å². The molecule has 25 heteroatoms. The number of urea groups is 1. The third-order valence-electron chi connectivity index (χ3n) is 10.3. The lowest BCUT2D eigenvalue weighted by Gasteiger charge is -2.26. The predicted octanol–water partition coefficient (Wildman–Crippen LogP) is 6.04. The number of aromatic nitrogens is 4. The van der Waals surface area contributed by atoms with E-state index in [0.29, 0.717) is 36.7 Å². The second kappa shape index (κ2) is 25.2. The van der Waals surface area contributed by atoms with Crippen molar-refractivity contribution in [3.05, 3.63) is 149 Å². The van der Waals surface area contributed by atoms with Crippen LogP contribution in [0.5, 0.6) is 5.75 Å². The molecule has 0 fully saturated rings. The summed E-state index contributed by atoms with van der Waals surface area (Å²) in [6.07, 6.45) is -7.25. The van der Waals surface area contributed by atoms with Gasteiger partial charge in [0.2, 0.25) is 0 Å². The first kappa shape index (κ1) is 54.9. The number of aliphatic hydroxyl groups excluding tert-OH is 6. The Labute approximate surface area is 398 Å². The minimum Gasteiger partial charge on any atom is -0.410 e. The van der Waals surface area contributed by atoms with Crippen LogP contribution in [0, 0.1) is 11.6 Å². The van der Waals surface area contributed by atoms with Gasteiger partial charge >= 0.3 is 24.5 Å². The van der Waals surface area contributed by atoms with E-state index in [1.54, 1.807) is 36.4 Å². The quantitative estimate of drug-likeness (QED) is 0.0685. The Bertz CT molecular complexity index is 2610. The van der Waals surface area contributed by atoms with Crippen molar-refractivity contribution in [3.63, 3.8) is 0 Å². The number of benzene rings is 1. The third-order valence-corrected chi connectivity index (χ3v) is 10.3. The van der Waals surface area contributed by atoms with Gasteiger partial charge < -0.3 is 45.6 Å². The number of carbonyl (C=O) groups excluding carboxylic acids is 2. The Balaban J connectivity index is 0.000000209. The normalized spacial score (nSPS) is 15.5. The van der Waals surface area contributed by atoms with Crippen molar-refractivity contribution < 1.29 is 80.1 Å². The van der Waals surface area contributed by atoms with Crippen LogP contribution >= 0.6 is 0 Å². The zero-order chi connectivity index (χ0) is 51.9. The molecule has 0 radical (unpaired) electrons. The molecule has 0 bridgehead atoms. The van der Waals surface area contributed by atoms with Crippen LogP contribution in [-0.4, -0.2) is 119 Å². The summed E-state index contributed by atoms with van der Waals surface area (Å²) in [5.74, 6) is -1.01. The Morgan fingerprint density at radius 3 is 1.59 bits per heavy atom. The molecule has 6 heterocycles. The first-order valence-corrected chi connectivity index (χ1v) is 21.2. The molecule has 0 saturated heterocycles. The van der Waals surface area contributed by atoms with Crippen molar-refractivity contribution in [3.8, 4) is 5.75 Å². The molecule has 3 amide bonds. The highest BCUT2D eigenvalue weighted by Gasteiger charge is 2.32. The van der Waals surface area contributed by atoms with Crippen LogP contribution in [0.3, 0.4) is 0 Å². The second-order valence-electron chi connectivity index (χ2n) is 15.3. The molecular weight excluding hydrogens is 961 g/mol. The van der Waals surface area contributed by atoms with Crippen LogP contribution in [0.2, 0.25) is 0 Å². The number of rotatable bonds is 11. The summed E-state index contributed by atoms with van der Waals surface area (Å²) < 4.78 is 108. The van der Waals surface area contributed by atoms with Gasteiger partial charge in [0.05, 0.1) is 24.3 Å². The summed E-state index contributed by atoms with van der Waals surface area (Å²) in [4.78, 5) is 40.3. The molecule has 0 saturated carbocycles. The standard InChI is InChI=1S/C20H20F4N4O4.C13H9F3N2O2.C13H17FN2O3/c21-14-7-12(18(31)15(30)10-29)8-26-17(14)11-3-5-28(6-4-11)19(32)27-16-2-1-13(9-25-16)20(22,23)24;14-13(15,16)9-6-7-11(17-8-9)18-12(19)20-10-4-2-1-3-5-10;14-10-5-9(13(19)11(18)7-17)6-16-12(10)8-1-3-15-4-2-8/h1-3,7-9,15,18,29-31H,4-6,10H2,(H,25,27,32);1-8H,(H,17,18,19);1,5-6,11,13,15,17-19H,2-4,7H2/t15-,18-;;11-,13-/m0.0/s1. The largest absolute Gasteiger partial charge is 0.418 e. The van der Waals surface area contributed by atoms with E-state index in [1.165, 1.54) is 17.3 Å². The summed E-state index contributed by atoms with van der Waals surface area (Å²) in [5, 5.41) is 63.7. The highest BCUT2D eigenvalue weighted by atomic mass is 19.4. The molecule has 4 atom stereocenters. The average Bonchev–Trinajstić information content (AvgIpc) is 3.36. The van der Waals surface area contributed by atoms with Gasteiger partial charge in [-0.1, -0.05) is 30.4 Å². The maximum absolute atomic E-state index is 14.5. The maximum atomic E-state index is 14.5. The van der Waals surface area contributed by atoms with E-state index in [2.05, 4.69) is 35.9 Å². The van der Waals surface area contributed by atoms with E-state index >= 15 is 0 Å². The van der Waals surface area contributed by atoms with E-state index in [-0.39, 0.29) is 53.7 Å². The number of para-hydroxylation sites is 1. The molecule has 2 aliphatic rings. The number of hydrogen-bond acceptors (Lipinski definition) is 14. The summed E-state index contributed by atoms with van der Waals surface area (Å²) in [6, 6.07) is 13.6. The number of nitrogens with zero attached hydrogens (tertiary/aromatic N) is 5. The molecule has 7 rings (SSSR count). The van der Waals surface area contributed by atoms with Gasteiger partial charge in [-0.3, -0.25) is 20.6 Å². The maximum Gasteiger partial charge on any atom is 0.418 e. The fourth-order valence-corrected chi connectivity index (χ4v) is 6.44. The average molecular weight is 1010 g/mol. The van der Waals surface area contributed by atoms with E-state index in [4.69, 9.17) is 14.9 Å². The fraction of sp³-hybridized carbons (Fsp3) is 0.304. The number of pyridine rings is 4. The lowest BCUT2D eigenvalue weighted by atomic mass is 10.0. The Hall–Kier alpha value is -7.00. The van der Waals surface area contributed by atoms with Gasteiger partial charge in [-0.25, -0.2) is 28.3 Å². The summed E-state index contributed by atoms with van der Waals surface area (Å²) in [6.45, 7) is 0.477. The van der Waals surface area contributed by atoms with Gasteiger partial charge in [0.15, 0.2) is 0 Å². The third kappa shape index (κ3) is 16.0. The van der Waals surface area contributed by atoms with Gasteiger partial charge in [0.1, 0.15) is 64.8 Å². The molecule has 5 aromatic rings. The molecule has 71 heavy (non-hydrogen) atoms. The van der Waals surface area contributed by atoms with Crippen molar-refractivity contribution >= 4 is 34.9 Å². The van der Waals surface area contributed by atoms with E-state index in [0.717, 1.165) is 48.5 Å². The zero-order valence-electron chi connectivity index (χ0n) is 36.9. The minimum atomic E-state index is -4.53. The number of halogens is 8. The Kier molecular flexibility index (Phi) is 19.5. The molecule has 17 nitrogen and oxygen atoms in total. The number of ether oxygens (including phenoxy) is 1. The minimum absolute atomic E-state index is 0.00857. The highest BCUT2D eigenvalue weighted by Crippen LogP contribution is 2.31. The van der Waals surface area contributed by atoms with Crippen molar-refractivity contribution in [2.24, 2.45) is 0 Å². The summed E-state index contributed by atoms with van der Waals surface area (Å²) in [7, 11) is 0. The lowest BCUT2D eigenvalue weighted by molar-refractivity contribution is -0.138. The number of alkyl halides is 6. The van der Waals surface area contributed by atoms with E-state index in [1.807, 2.05) is 6.08 Å². The molecule has 0 spiro atoms. The second-order valence-corrected chi connectivity index (χ2v) is 15.3. The van der Waals surface area contributed by atoms with Crippen molar-refractivity contribution in [2.75, 3.05) is 50.0 Å². The number of carbonyl (C=O) groups is 2. The van der Waals surface area contributed by atoms with Crippen LogP contribution in [0.15, 0.2) is 104 Å². The molecule has 0 unspecified atom stereocenters. The van der Waals surface area contributed by atoms with Gasteiger partial charge in [-0.05, 0) is 79.1 Å². The molecule has 2 aliphatic heterocycles. The lowest BCUT2D eigenvalue weighted by Crippen LogP contribution is -2.38. The van der Waals surface area contributed by atoms with E-state index < -0.39 is 84.9 Å². The zero-order valence-corrected chi connectivity index (χ0v) is 36.9.